The summed E-state index contributed by atoms with van der Waals surface area (Å²) in [5.41, 5.74) is 0.674. The molecular formula is C15H21NO3. The number of benzene rings is 1. The van der Waals surface area contributed by atoms with Crippen LogP contribution in [0.1, 0.15) is 37.7 Å². The Bertz CT molecular complexity index is 440. The molecule has 0 fully saturated rings. The molecule has 0 aliphatic heterocycles. The van der Waals surface area contributed by atoms with E-state index in [2.05, 4.69) is 13.0 Å². The van der Waals surface area contributed by atoms with Gasteiger partial charge in [-0.25, -0.2) is 0 Å². The normalized spacial score (nSPS) is 13.4. The molecule has 0 amide bonds. The van der Waals surface area contributed by atoms with Crippen molar-refractivity contribution in [2.75, 3.05) is 14.2 Å². The molecule has 0 aromatic heterocycles. The van der Waals surface area contributed by atoms with Crippen molar-refractivity contribution in [2.45, 2.75) is 38.2 Å². The van der Waals surface area contributed by atoms with Crippen molar-refractivity contribution in [3.8, 4) is 17.6 Å². The van der Waals surface area contributed by atoms with Gasteiger partial charge in [0.1, 0.15) is 5.92 Å². The van der Waals surface area contributed by atoms with Crippen molar-refractivity contribution in [2.24, 2.45) is 0 Å². The Morgan fingerprint density at radius 1 is 1.32 bits per heavy atom. The van der Waals surface area contributed by atoms with E-state index in [4.69, 9.17) is 9.47 Å². The van der Waals surface area contributed by atoms with Crippen LogP contribution in [-0.2, 0) is 0 Å². The second kappa shape index (κ2) is 7.65. The van der Waals surface area contributed by atoms with Gasteiger partial charge in [-0.15, -0.1) is 0 Å². The fraction of sp³-hybridized carbons (Fsp3) is 0.533. The van der Waals surface area contributed by atoms with Gasteiger partial charge in [-0.1, -0.05) is 31.9 Å². The first-order valence-electron chi connectivity index (χ1n) is 6.48. The number of hydrogen-bond acceptors (Lipinski definition) is 4. The third-order valence-electron chi connectivity index (χ3n) is 3.15. The van der Waals surface area contributed by atoms with Gasteiger partial charge < -0.3 is 14.6 Å². The molecule has 1 N–H and O–H groups in total. The Labute approximate surface area is 114 Å². The van der Waals surface area contributed by atoms with Crippen molar-refractivity contribution in [3.05, 3.63) is 23.8 Å². The Morgan fingerprint density at radius 2 is 2.05 bits per heavy atom. The van der Waals surface area contributed by atoms with Crippen molar-refractivity contribution in [1.29, 1.82) is 5.26 Å². The zero-order valence-electron chi connectivity index (χ0n) is 11.7. The summed E-state index contributed by atoms with van der Waals surface area (Å²) in [6.07, 6.45) is 1.80. The number of nitriles is 1. The van der Waals surface area contributed by atoms with Gasteiger partial charge in [0.15, 0.2) is 11.5 Å². The van der Waals surface area contributed by atoms with Crippen molar-refractivity contribution >= 4 is 0 Å². The molecule has 2 atom stereocenters. The summed E-state index contributed by atoms with van der Waals surface area (Å²) in [7, 11) is 3.09. The van der Waals surface area contributed by atoms with Gasteiger partial charge in [-0.05, 0) is 12.5 Å². The number of unbranched alkanes of at least 4 members (excludes halogenated alkanes) is 1. The summed E-state index contributed by atoms with van der Waals surface area (Å²) in [5.74, 6) is 0.492. The predicted molar refractivity (Wildman–Crippen MR) is 73.4 cm³/mol. The van der Waals surface area contributed by atoms with E-state index >= 15 is 0 Å². The van der Waals surface area contributed by atoms with E-state index in [0.717, 1.165) is 12.8 Å². The van der Waals surface area contributed by atoms with Crippen LogP contribution in [0.15, 0.2) is 18.2 Å². The minimum atomic E-state index is -0.689. The smallest absolute Gasteiger partial charge is 0.165 e. The maximum absolute atomic E-state index is 10.2. The van der Waals surface area contributed by atoms with Gasteiger partial charge in [0.2, 0.25) is 0 Å². The minimum absolute atomic E-state index is 0.520. The lowest BCUT2D eigenvalue weighted by Gasteiger charge is -2.20. The number of para-hydroxylation sites is 1. The van der Waals surface area contributed by atoms with E-state index in [9.17, 15) is 10.4 Å². The second-order valence-corrected chi connectivity index (χ2v) is 4.40. The van der Waals surface area contributed by atoms with Crippen LogP contribution in [0.25, 0.3) is 0 Å². The van der Waals surface area contributed by atoms with Crippen LogP contribution in [0.3, 0.4) is 0 Å². The molecule has 0 aliphatic carbocycles. The number of ether oxygens (including phenoxy) is 2. The second-order valence-electron chi connectivity index (χ2n) is 4.40. The standard InChI is InChI=1S/C15H21NO3/c1-4-5-8-13(17)12(10-16)11-7-6-9-14(18-2)15(11)19-3/h6-7,9,12-13,17H,4-5,8H2,1-3H3. The fourth-order valence-electron chi connectivity index (χ4n) is 2.10. The molecule has 4 nitrogen and oxygen atoms in total. The van der Waals surface area contributed by atoms with Crippen molar-refractivity contribution in [3.63, 3.8) is 0 Å². The van der Waals surface area contributed by atoms with Gasteiger partial charge in [0.05, 0.1) is 26.4 Å². The highest BCUT2D eigenvalue weighted by Gasteiger charge is 2.25. The van der Waals surface area contributed by atoms with Crippen molar-refractivity contribution < 1.29 is 14.6 Å². The molecule has 4 heteroatoms. The summed E-state index contributed by atoms with van der Waals surface area (Å²) >= 11 is 0. The lowest BCUT2D eigenvalue weighted by Crippen LogP contribution is -2.18. The number of aliphatic hydroxyl groups excluding tert-OH is 1. The first-order chi connectivity index (χ1) is 9.19. The molecule has 0 spiro atoms. The molecule has 0 heterocycles. The number of hydrogen-bond donors (Lipinski definition) is 1. The first-order valence-corrected chi connectivity index (χ1v) is 6.48. The topological polar surface area (TPSA) is 62.5 Å². The highest BCUT2D eigenvalue weighted by molar-refractivity contribution is 5.50. The Hall–Kier alpha value is -1.73. The SMILES string of the molecule is CCCCC(O)C(C#N)c1cccc(OC)c1OC. The largest absolute Gasteiger partial charge is 0.493 e. The van der Waals surface area contributed by atoms with Gasteiger partial charge in [-0.3, -0.25) is 0 Å². The van der Waals surface area contributed by atoms with Crippen LogP contribution >= 0.6 is 0 Å². The molecule has 0 saturated carbocycles. The molecule has 1 rings (SSSR count). The molecule has 0 aliphatic rings. The summed E-state index contributed by atoms with van der Waals surface area (Å²) in [4.78, 5) is 0. The molecule has 1 aromatic rings. The predicted octanol–water partition coefficient (Wildman–Crippen LogP) is 2.86. The number of aliphatic hydroxyl groups is 1. The zero-order valence-corrected chi connectivity index (χ0v) is 11.7. The Balaban J connectivity index is 3.08. The Kier molecular flexibility index (Phi) is 6.17. The molecule has 19 heavy (non-hydrogen) atoms. The van der Waals surface area contributed by atoms with Crippen LogP contribution < -0.4 is 9.47 Å². The molecule has 0 radical (unpaired) electrons. The van der Waals surface area contributed by atoms with E-state index in [1.807, 2.05) is 0 Å². The van der Waals surface area contributed by atoms with E-state index in [0.29, 0.717) is 23.5 Å². The van der Waals surface area contributed by atoms with Crippen LogP contribution in [0.5, 0.6) is 11.5 Å². The molecule has 0 saturated heterocycles. The fourth-order valence-corrected chi connectivity index (χ4v) is 2.10. The van der Waals surface area contributed by atoms with E-state index in [1.54, 1.807) is 25.3 Å². The van der Waals surface area contributed by atoms with Crippen LogP contribution in [-0.4, -0.2) is 25.4 Å². The average Bonchev–Trinajstić information content (AvgIpc) is 2.45. The minimum Gasteiger partial charge on any atom is -0.493 e. The van der Waals surface area contributed by atoms with Crippen LogP contribution in [0.4, 0.5) is 0 Å². The van der Waals surface area contributed by atoms with Gasteiger partial charge in [0, 0.05) is 5.56 Å². The number of methoxy groups -OCH3 is 2. The summed E-state index contributed by atoms with van der Waals surface area (Å²) in [6.45, 7) is 2.06. The molecule has 104 valence electrons. The van der Waals surface area contributed by atoms with Crippen molar-refractivity contribution in [1.82, 2.24) is 0 Å². The lowest BCUT2D eigenvalue weighted by molar-refractivity contribution is 0.147. The van der Waals surface area contributed by atoms with E-state index in [-0.39, 0.29) is 0 Å². The highest BCUT2D eigenvalue weighted by atomic mass is 16.5. The van der Waals surface area contributed by atoms with Gasteiger partial charge in [-0.2, -0.15) is 5.26 Å². The molecule has 2 unspecified atom stereocenters. The zero-order chi connectivity index (χ0) is 14.3. The summed E-state index contributed by atoms with van der Waals surface area (Å²) in [5, 5.41) is 19.5. The Morgan fingerprint density at radius 3 is 2.58 bits per heavy atom. The lowest BCUT2D eigenvalue weighted by atomic mass is 9.91. The maximum atomic E-state index is 10.2. The van der Waals surface area contributed by atoms with Crippen LogP contribution in [0, 0.1) is 11.3 Å². The number of rotatable bonds is 7. The number of nitrogens with zero attached hydrogens (tertiary/aromatic N) is 1. The monoisotopic (exact) mass is 263 g/mol. The van der Waals surface area contributed by atoms with Gasteiger partial charge in [0.25, 0.3) is 0 Å². The van der Waals surface area contributed by atoms with Crippen LogP contribution in [0.2, 0.25) is 0 Å². The third kappa shape index (κ3) is 3.62. The van der Waals surface area contributed by atoms with E-state index in [1.165, 1.54) is 7.11 Å². The third-order valence-corrected chi connectivity index (χ3v) is 3.15. The maximum Gasteiger partial charge on any atom is 0.165 e. The van der Waals surface area contributed by atoms with E-state index < -0.39 is 12.0 Å². The average molecular weight is 263 g/mol. The molecule has 1 aromatic carbocycles. The molecular weight excluding hydrogens is 242 g/mol. The summed E-state index contributed by atoms with van der Waals surface area (Å²) in [6, 6.07) is 7.54. The van der Waals surface area contributed by atoms with Gasteiger partial charge >= 0.3 is 0 Å². The quantitative estimate of drug-likeness (QED) is 0.821. The highest BCUT2D eigenvalue weighted by Crippen LogP contribution is 2.37. The first kappa shape index (κ1) is 15.3. The molecule has 0 bridgehead atoms. The summed E-state index contributed by atoms with van der Waals surface area (Å²) < 4.78 is 10.5.